The monoisotopic (exact) mass is 339 g/mol. The number of para-hydroxylation sites is 1. The zero-order chi connectivity index (χ0) is 17.7. The predicted octanol–water partition coefficient (Wildman–Crippen LogP) is 3.53. The number of fused-ring (bicyclic) bond motifs is 1. The highest BCUT2D eigenvalue weighted by molar-refractivity contribution is 5.77. The molecule has 1 N–H and O–H groups in total. The van der Waals surface area contributed by atoms with Crippen LogP contribution >= 0.6 is 0 Å². The van der Waals surface area contributed by atoms with E-state index in [1.54, 1.807) is 0 Å². The fraction of sp³-hybridized carbons (Fsp3) is 0.381. The summed E-state index contributed by atoms with van der Waals surface area (Å²) in [6.45, 7) is 4.76. The van der Waals surface area contributed by atoms with Crippen molar-refractivity contribution in [3.8, 4) is 11.5 Å². The highest BCUT2D eigenvalue weighted by Crippen LogP contribution is 2.41. The van der Waals surface area contributed by atoms with Crippen molar-refractivity contribution in [2.24, 2.45) is 0 Å². The van der Waals surface area contributed by atoms with E-state index in [2.05, 4.69) is 31.3 Å². The summed E-state index contributed by atoms with van der Waals surface area (Å²) in [7, 11) is 0. The maximum absolute atomic E-state index is 12.0. The second-order valence-corrected chi connectivity index (χ2v) is 7.01. The molecule has 132 valence electrons. The first-order valence-electron chi connectivity index (χ1n) is 8.78. The molecule has 0 saturated carbocycles. The quantitative estimate of drug-likeness (QED) is 0.785. The first kappa shape index (κ1) is 17.3. The predicted molar refractivity (Wildman–Crippen MR) is 98.1 cm³/mol. The second-order valence-electron chi connectivity index (χ2n) is 7.01. The Kier molecular flexibility index (Phi) is 5.27. The maximum Gasteiger partial charge on any atom is 0.257 e. The fourth-order valence-corrected chi connectivity index (χ4v) is 3.06. The third-order valence-electron chi connectivity index (χ3n) is 4.22. The fourth-order valence-electron chi connectivity index (χ4n) is 3.06. The van der Waals surface area contributed by atoms with Crippen LogP contribution in [0.1, 0.15) is 31.4 Å². The van der Waals surface area contributed by atoms with Gasteiger partial charge in [0.15, 0.2) is 18.1 Å². The van der Waals surface area contributed by atoms with Gasteiger partial charge in [-0.1, -0.05) is 42.5 Å². The lowest BCUT2D eigenvalue weighted by Gasteiger charge is -2.18. The van der Waals surface area contributed by atoms with Crippen molar-refractivity contribution in [2.75, 3.05) is 13.2 Å². The molecule has 3 rings (SSSR count). The van der Waals surface area contributed by atoms with Crippen molar-refractivity contribution < 1.29 is 14.3 Å². The largest absolute Gasteiger partial charge is 0.483 e. The molecule has 2 aromatic carbocycles. The molecule has 0 atom stereocenters. The van der Waals surface area contributed by atoms with Gasteiger partial charge in [0.1, 0.15) is 5.60 Å². The van der Waals surface area contributed by atoms with Gasteiger partial charge in [0, 0.05) is 18.5 Å². The molecule has 0 spiro atoms. The lowest BCUT2D eigenvalue weighted by molar-refractivity contribution is -0.123. The zero-order valence-electron chi connectivity index (χ0n) is 14.9. The summed E-state index contributed by atoms with van der Waals surface area (Å²) in [5.41, 5.74) is 2.19. The van der Waals surface area contributed by atoms with E-state index >= 15 is 0 Å². The number of aryl methyl sites for hydroxylation is 1. The minimum atomic E-state index is -0.221. The number of amides is 1. The van der Waals surface area contributed by atoms with E-state index in [1.807, 2.05) is 36.4 Å². The lowest BCUT2D eigenvalue weighted by Crippen LogP contribution is -2.30. The number of carbonyl (C=O) groups is 1. The number of carbonyl (C=O) groups excluding carboxylic acids is 1. The van der Waals surface area contributed by atoms with Gasteiger partial charge >= 0.3 is 0 Å². The molecule has 4 heteroatoms. The molecule has 2 aromatic rings. The molecular formula is C21H25NO3. The van der Waals surface area contributed by atoms with E-state index in [0.717, 1.165) is 30.6 Å². The lowest BCUT2D eigenvalue weighted by atomic mass is 10.0. The molecule has 0 aromatic heterocycles. The Morgan fingerprint density at radius 2 is 1.96 bits per heavy atom. The number of hydrogen-bond donors (Lipinski definition) is 1. The van der Waals surface area contributed by atoms with Gasteiger partial charge in [-0.2, -0.15) is 0 Å². The number of ether oxygens (including phenoxy) is 2. The summed E-state index contributed by atoms with van der Waals surface area (Å²) in [6.07, 6.45) is 2.72. The van der Waals surface area contributed by atoms with Gasteiger partial charge in [0.05, 0.1) is 0 Å². The minimum absolute atomic E-state index is 0.00553. The number of benzene rings is 2. The van der Waals surface area contributed by atoms with Crippen LogP contribution in [0.2, 0.25) is 0 Å². The smallest absolute Gasteiger partial charge is 0.257 e. The Bertz CT molecular complexity index is 725. The molecule has 25 heavy (non-hydrogen) atoms. The number of hydrogen-bond acceptors (Lipinski definition) is 3. The van der Waals surface area contributed by atoms with Gasteiger partial charge in [0.2, 0.25) is 0 Å². The third-order valence-corrected chi connectivity index (χ3v) is 4.22. The molecule has 0 saturated heterocycles. The average Bonchev–Trinajstić information content (AvgIpc) is 2.92. The Morgan fingerprint density at radius 3 is 2.76 bits per heavy atom. The number of nitrogens with one attached hydrogen (secondary N) is 1. The van der Waals surface area contributed by atoms with Crippen LogP contribution in [-0.2, 0) is 17.6 Å². The van der Waals surface area contributed by atoms with Crippen LogP contribution in [0.5, 0.6) is 11.5 Å². The Morgan fingerprint density at radius 1 is 1.16 bits per heavy atom. The van der Waals surface area contributed by atoms with Crippen molar-refractivity contribution in [1.29, 1.82) is 0 Å². The van der Waals surface area contributed by atoms with Gasteiger partial charge in [0.25, 0.3) is 5.91 Å². The van der Waals surface area contributed by atoms with Gasteiger partial charge in [-0.3, -0.25) is 4.79 Å². The molecule has 0 fully saturated rings. The van der Waals surface area contributed by atoms with Gasteiger partial charge < -0.3 is 14.8 Å². The normalized spacial score (nSPS) is 14.5. The Hall–Kier alpha value is -2.49. The van der Waals surface area contributed by atoms with Crippen molar-refractivity contribution in [1.82, 2.24) is 5.32 Å². The second kappa shape index (κ2) is 7.60. The van der Waals surface area contributed by atoms with Gasteiger partial charge in [-0.15, -0.1) is 0 Å². The summed E-state index contributed by atoms with van der Waals surface area (Å²) in [4.78, 5) is 12.0. The molecule has 1 amide bonds. The van der Waals surface area contributed by atoms with Crippen molar-refractivity contribution in [3.05, 3.63) is 59.7 Å². The van der Waals surface area contributed by atoms with Crippen LogP contribution in [0.15, 0.2) is 48.5 Å². The number of rotatable bonds is 7. The van der Waals surface area contributed by atoms with Crippen LogP contribution in [0.4, 0.5) is 0 Å². The van der Waals surface area contributed by atoms with E-state index in [4.69, 9.17) is 9.47 Å². The molecule has 1 aliphatic heterocycles. The molecule has 0 bridgehead atoms. The molecule has 4 nitrogen and oxygen atoms in total. The zero-order valence-corrected chi connectivity index (χ0v) is 14.9. The van der Waals surface area contributed by atoms with Crippen LogP contribution in [0.25, 0.3) is 0 Å². The summed E-state index contributed by atoms with van der Waals surface area (Å²) in [6, 6.07) is 16.1. The van der Waals surface area contributed by atoms with Crippen molar-refractivity contribution in [3.63, 3.8) is 0 Å². The third kappa shape index (κ3) is 4.75. The highest BCUT2D eigenvalue weighted by atomic mass is 16.5. The Balaban J connectivity index is 1.42. The molecule has 0 radical (unpaired) electrons. The first-order valence-corrected chi connectivity index (χ1v) is 8.78. The van der Waals surface area contributed by atoms with Crippen molar-refractivity contribution in [2.45, 2.75) is 38.7 Å². The van der Waals surface area contributed by atoms with Gasteiger partial charge in [-0.25, -0.2) is 0 Å². The summed E-state index contributed by atoms with van der Waals surface area (Å²) in [5.74, 6) is 1.30. The minimum Gasteiger partial charge on any atom is -0.483 e. The van der Waals surface area contributed by atoms with E-state index in [0.29, 0.717) is 12.3 Å². The standard InChI is InChI=1S/C21H25NO3/c1-21(2)14-17-11-6-12-18(20(17)25-21)24-15-19(23)22-13-7-10-16-8-4-3-5-9-16/h3-6,8-9,11-12H,7,10,13-15H2,1-2H3,(H,22,23). The maximum atomic E-state index is 12.0. The topological polar surface area (TPSA) is 47.6 Å². The summed E-state index contributed by atoms with van der Waals surface area (Å²) >= 11 is 0. The van der Waals surface area contributed by atoms with E-state index < -0.39 is 0 Å². The molecule has 1 heterocycles. The molecular weight excluding hydrogens is 314 g/mol. The van der Waals surface area contributed by atoms with E-state index in [9.17, 15) is 4.79 Å². The van der Waals surface area contributed by atoms with E-state index in [1.165, 1.54) is 5.56 Å². The van der Waals surface area contributed by atoms with Crippen LogP contribution < -0.4 is 14.8 Å². The van der Waals surface area contributed by atoms with Crippen molar-refractivity contribution >= 4 is 5.91 Å². The van der Waals surface area contributed by atoms with Gasteiger partial charge in [-0.05, 0) is 38.3 Å². The molecule has 1 aliphatic rings. The highest BCUT2D eigenvalue weighted by Gasteiger charge is 2.32. The first-order chi connectivity index (χ1) is 12.0. The SMILES string of the molecule is CC1(C)Cc2cccc(OCC(=O)NCCCc3ccccc3)c2O1. The van der Waals surface area contributed by atoms with Crippen LogP contribution in [-0.4, -0.2) is 24.7 Å². The average molecular weight is 339 g/mol. The van der Waals surface area contributed by atoms with Crippen LogP contribution in [0, 0.1) is 0 Å². The van der Waals surface area contributed by atoms with E-state index in [-0.39, 0.29) is 18.1 Å². The summed E-state index contributed by atoms with van der Waals surface area (Å²) < 4.78 is 11.6. The Labute approximate surface area is 149 Å². The van der Waals surface area contributed by atoms with Crippen LogP contribution in [0.3, 0.4) is 0 Å². The summed E-state index contributed by atoms with van der Waals surface area (Å²) in [5, 5.41) is 2.90. The molecule has 0 unspecified atom stereocenters. The molecule has 0 aliphatic carbocycles.